The molecule has 1 heterocycles. The molecule has 1 N–H and O–H groups in total. The maximum atomic E-state index is 13.6. The van der Waals surface area contributed by atoms with Gasteiger partial charge in [-0.1, -0.05) is 46.3 Å². The van der Waals surface area contributed by atoms with Crippen molar-refractivity contribution < 1.29 is 9.13 Å². The van der Waals surface area contributed by atoms with Crippen LogP contribution >= 0.6 is 15.9 Å². The van der Waals surface area contributed by atoms with Gasteiger partial charge in [-0.05, 0) is 90.1 Å². The summed E-state index contributed by atoms with van der Waals surface area (Å²) >= 11 is 3.60. The maximum absolute atomic E-state index is 13.6. The molecule has 0 radical (unpaired) electrons. The van der Waals surface area contributed by atoms with Crippen LogP contribution in [0.1, 0.15) is 35.1 Å². The molecule has 0 aliphatic carbocycles. The van der Waals surface area contributed by atoms with Gasteiger partial charge in [-0.3, -0.25) is 0 Å². The zero-order valence-electron chi connectivity index (χ0n) is 17.9. The van der Waals surface area contributed by atoms with Crippen molar-refractivity contribution in [3.63, 3.8) is 0 Å². The molecule has 1 saturated heterocycles. The van der Waals surface area contributed by atoms with Crippen molar-refractivity contribution in [1.29, 1.82) is 5.26 Å². The van der Waals surface area contributed by atoms with Crippen LogP contribution in [0.2, 0.25) is 0 Å². The molecule has 0 amide bonds. The fraction of sp³-hybridized carbons (Fsp3) is 0.296. The van der Waals surface area contributed by atoms with E-state index in [1.807, 2.05) is 30.3 Å². The summed E-state index contributed by atoms with van der Waals surface area (Å²) in [5.74, 6) is 0. The van der Waals surface area contributed by atoms with Crippen LogP contribution in [-0.2, 0) is 23.4 Å². The van der Waals surface area contributed by atoms with E-state index in [1.54, 1.807) is 12.1 Å². The summed E-state index contributed by atoms with van der Waals surface area (Å²) < 4.78 is 20.9. The van der Waals surface area contributed by atoms with Gasteiger partial charge >= 0.3 is 0 Å². The van der Waals surface area contributed by atoms with E-state index >= 15 is 0 Å². The molecule has 5 heteroatoms. The van der Waals surface area contributed by atoms with E-state index in [-0.39, 0.29) is 5.41 Å². The third kappa shape index (κ3) is 5.27. The summed E-state index contributed by atoms with van der Waals surface area (Å²) in [7, 11) is 0. The molecule has 164 valence electrons. The average molecular weight is 493 g/mol. The lowest BCUT2D eigenvalue weighted by Crippen LogP contribution is -2.43. The zero-order chi connectivity index (χ0) is 22.4. The minimum Gasteiger partial charge on any atom is -0.376 e. The highest BCUT2D eigenvalue weighted by molar-refractivity contribution is 9.10. The van der Waals surface area contributed by atoms with Gasteiger partial charge in [-0.15, -0.1) is 0 Å². The average Bonchev–Trinajstić information content (AvgIpc) is 2.84. The van der Waals surface area contributed by atoms with Crippen LogP contribution in [0, 0.1) is 11.3 Å². The highest BCUT2D eigenvalue weighted by Crippen LogP contribution is 2.35. The number of nitriles is 1. The van der Waals surface area contributed by atoms with Gasteiger partial charge in [0.2, 0.25) is 0 Å². The topological polar surface area (TPSA) is 45.0 Å². The van der Waals surface area contributed by atoms with E-state index in [1.165, 1.54) is 5.56 Å². The van der Waals surface area contributed by atoms with E-state index in [2.05, 4.69) is 51.6 Å². The summed E-state index contributed by atoms with van der Waals surface area (Å²) in [6.07, 6.45) is 2.04. The molecule has 0 bridgehead atoms. The Morgan fingerprint density at radius 2 is 1.72 bits per heavy atom. The predicted molar refractivity (Wildman–Crippen MR) is 129 cm³/mol. The van der Waals surface area contributed by atoms with E-state index in [4.69, 9.17) is 10.00 Å². The largest absolute Gasteiger partial charge is 0.376 e. The van der Waals surface area contributed by atoms with E-state index in [0.29, 0.717) is 24.3 Å². The molecule has 32 heavy (non-hydrogen) atoms. The molecule has 3 aromatic rings. The second-order valence-corrected chi connectivity index (χ2v) is 9.31. The van der Waals surface area contributed by atoms with Crippen molar-refractivity contribution in [3.05, 3.63) is 93.5 Å². The van der Waals surface area contributed by atoms with Gasteiger partial charge in [0.25, 0.3) is 0 Å². The molecule has 1 fully saturated rings. The number of piperidine rings is 1. The molecule has 1 aliphatic rings. The van der Waals surface area contributed by atoms with Gasteiger partial charge in [0, 0.05) is 9.89 Å². The van der Waals surface area contributed by atoms with Crippen LogP contribution in [0.5, 0.6) is 0 Å². The van der Waals surface area contributed by atoms with E-state index in [0.717, 1.165) is 47.1 Å². The number of hydrogen-bond acceptors (Lipinski definition) is 3. The lowest BCUT2D eigenvalue weighted by atomic mass is 9.74. The molecule has 0 aromatic heterocycles. The van der Waals surface area contributed by atoms with Crippen molar-refractivity contribution in [2.45, 2.75) is 31.5 Å². The first-order chi connectivity index (χ1) is 15.6. The molecular weight excluding hydrogens is 467 g/mol. The Balaban J connectivity index is 1.52. The number of nitrogens with zero attached hydrogens (tertiary/aromatic N) is 1. The highest BCUT2D eigenvalue weighted by Gasteiger charge is 2.34. The second kappa shape index (κ2) is 10.4. The first-order valence-corrected chi connectivity index (χ1v) is 11.6. The number of rotatable bonds is 7. The lowest BCUT2D eigenvalue weighted by Gasteiger charge is -2.38. The van der Waals surface area contributed by atoms with Crippen LogP contribution in [0.3, 0.4) is 0 Å². The van der Waals surface area contributed by atoms with Gasteiger partial charge in [0.15, 0.2) is 0 Å². The minimum atomic E-state index is -0.523. The molecule has 1 aliphatic heterocycles. The Morgan fingerprint density at radius 1 is 0.969 bits per heavy atom. The summed E-state index contributed by atoms with van der Waals surface area (Å²) in [6.45, 7) is 2.47. The predicted octanol–water partition coefficient (Wildman–Crippen LogP) is 6.30. The van der Waals surface area contributed by atoms with Crippen LogP contribution < -0.4 is 5.32 Å². The smallest absolute Gasteiger partial charge is 0.115 e. The molecule has 0 unspecified atom stereocenters. The normalized spacial score (nSPS) is 15.3. The first-order valence-electron chi connectivity index (χ1n) is 10.9. The zero-order valence-corrected chi connectivity index (χ0v) is 19.5. The molecule has 0 atom stereocenters. The van der Waals surface area contributed by atoms with Gasteiger partial charge < -0.3 is 10.1 Å². The Kier molecular flexibility index (Phi) is 7.36. The monoisotopic (exact) mass is 492 g/mol. The van der Waals surface area contributed by atoms with Crippen LogP contribution in [0.4, 0.5) is 4.39 Å². The van der Waals surface area contributed by atoms with Crippen molar-refractivity contribution >= 4 is 15.9 Å². The Labute approximate surface area is 197 Å². The van der Waals surface area contributed by atoms with Crippen molar-refractivity contribution in [1.82, 2.24) is 5.32 Å². The molecule has 3 aromatic carbocycles. The summed E-state index contributed by atoms with van der Waals surface area (Å²) in [5, 5.41) is 12.5. The fourth-order valence-corrected chi connectivity index (χ4v) is 4.83. The number of alkyl halides is 1. The minimum absolute atomic E-state index is 0.0251. The molecule has 3 nitrogen and oxygen atoms in total. The summed E-state index contributed by atoms with van der Waals surface area (Å²) in [6, 6.07) is 23.8. The summed E-state index contributed by atoms with van der Waals surface area (Å²) in [5.41, 5.74) is 5.37. The molecule has 4 rings (SSSR count). The SMILES string of the molecule is N#Cc1ccc(-c2cc(CF)cc(COCC3(c4cccc(Br)c4)CCNCC3)c2)cc1. The van der Waals surface area contributed by atoms with Gasteiger partial charge in [0.1, 0.15) is 6.67 Å². The van der Waals surface area contributed by atoms with Crippen molar-refractivity contribution in [2.24, 2.45) is 0 Å². The first kappa shape index (κ1) is 22.7. The Bertz CT molecular complexity index is 1100. The molecule has 0 saturated carbocycles. The van der Waals surface area contributed by atoms with Gasteiger partial charge in [0.05, 0.1) is 24.8 Å². The van der Waals surface area contributed by atoms with E-state index < -0.39 is 6.67 Å². The highest BCUT2D eigenvalue weighted by atomic mass is 79.9. The third-order valence-electron chi connectivity index (χ3n) is 6.20. The van der Waals surface area contributed by atoms with E-state index in [9.17, 15) is 4.39 Å². The number of ether oxygens (including phenoxy) is 1. The Hall–Kier alpha value is -2.52. The number of nitrogens with one attached hydrogen (secondary N) is 1. The van der Waals surface area contributed by atoms with Crippen LogP contribution in [0.25, 0.3) is 11.1 Å². The lowest BCUT2D eigenvalue weighted by molar-refractivity contribution is 0.0565. The quantitative estimate of drug-likeness (QED) is 0.421. The fourth-order valence-electron chi connectivity index (χ4n) is 4.43. The number of halogens is 2. The summed E-state index contributed by atoms with van der Waals surface area (Å²) in [4.78, 5) is 0. The number of hydrogen-bond donors (Lipinski definition) is 1. The second-order valence-electron chi connectivity index (χ2n) is 8.39. The number of benzene rings is 3. The van der Waals surface area contributed by atoms with Crippen LogP contribution in [0.15, 0.2) is 71.2 Å². The Morgan fingerprint density at radius 3 is 2.41 bits per heavy atom. The molecular formula is C27H26BrFN2O. The van der Waals surface area contributed by atoms with Gasteiger partial charge in [-0.2, -0.15) is 5.26 Å². The maximum Gasteiger partial charge on any atom is 0.115 e. The molecule has 0 spiro atoms. The standard InChI is InChI=1S/C27H26BrFN2O/c28-26-3-1-2-25(15-26)27(8-10-31-11-9-27)19-32-18-22-12-21(16-29)13-24(14-22)23-6-4-20(17-30)5-7-23/h1-7,12-15,31H,8-11,16,18-19H2. The van der Waals surface area contributed by atoms with Gasteiger partial charge in [-0.25, -0.2) is 4.39 Å². The van der Waals surface area contributed by atoms with Crippen molar-refractivity contribution in [3.8, 4) is 17.2 Å². The van der Waals surface area contributed by atoms with Crippen LogP contribution in [-0.4, -0.2) is 19.7 Å². The third-order valence-corrected chi connectivity index (χ3v) is 6.69. The van der Waals surface area contributed by atoms with Crippen molar-refractivity contribution in [2.75, 3.05) is 19.7 Å².